The summed E-state index contributed by atoms with van der Waals surface area (Å²) in [7, 11) is 2.27. The minimum absolute atomic E-state index is 0.651. The summed E-state index contributed by atoms with van der Waals surface area (Å²) in [6.45, 7) is 6.79. The van der Waals surface area contributed by atoms with Gasteiger partial charge in [0.2, 0.25) is 0 Å². The number of likely N-dealkylation sites (N-methyl/N-ethyl adjacent to an activating group) is 1. The lowest BCUT2D eigenvalue weighted by atomic mass is 9.82. The summed E-state index contributed by atoms with van der Waals surface area (Å²) >= 11 is 0. The summed E-state index contributed by atoms with van der Waals surface area (Å²) in [5.74, 6) is 0.847. The second-order valence-electron chi connectivity index (χ2n) is 6.32. The van der Waals surface area contributed by atoms with Crippen LogP contribution in [0.3, 0.4) is 0 Å². The van der Waals surface area contributed by atoms with Crippen LogP contribution in [0.1, 0.15) is 45.1 Å². The molecule has 0 aliphatic heterocycles. The fourth-order valence-electron chi connectivity index (χ4n) is 3.30. The van der Waals surface area contributed by atoms with Crippen LogP contribution < -0.4 is 5.32 Å². The number of nitrogens with zero attached hydrogens (tertiary/aromatic N) is 2. The van der Waals surface area contributed by atoms with Gasteiger partial charge in [-0.2, -0.15) is 0 Å². The summed E-state index contributed by atoms with van der Waals surface area (Å²) in [5, 5.41) is 3.75. The molecule has 20 heavy (non-hydrogen) atoms. The van der Waals surface area contributed by atoms with E-state index in [9.17, 15) is 0 Å². The zero-order chi connectivity index (χ0) is 14.4. The Balaban J connectivity index is 1.97. The molecule has 3 heteroatoms. The van der Waals surface area contributed by atoms with Crippen LogP contribution in [0.5, 0.6) is 0 Å². The molecule has 1 fully saturated rings. The number of aromatic nitrogens is 1. The van der Waals surface area contributed by atoms with Crippen LogP contribution in [0.2, 0.25) is 0 Å². The molecule has 0 saturated heterocycles. The van der Waals surface area contributed by atoms with Gasteiger partial charge in [0.1, 0.15) is 0 Å². The maximum atomic E-state index is 4.10. The topological polar surface area (TPSA) is 28.2 Å². The van der Waals surface area contributed by atoms with Gasteiger partial charge in [0, 0.05) is 31.0 Å². The van der Waals surface area contributed by atoms with Crippen molar-refractivity contribution in [2.45, 2.75) is 58.2 Å². The fraction of sp³-hybridized carbons (Fsp3) is 0.706. The summed E-state index contributed by atoms with van der Waals surface area (Å²) in [6.07, 6.45) is 8.97. The van der Waals surface area contributed by atoms with E-state index in [4.69, 9.17) is 0 Å². The Labute approximate surface area is 123 Å². The number of pyridine rings is 1. The van der Waals surface area contributed by atoms with E-state index in [1.165, 1.54) is 31.2 Å². The van der Waals surface area contributed by atoms with Gasteiger partial charge in [0.05, 0.1) is 0 Å². The van der Waals surface area contributed by atoms with Crippen LogP contribution in [-0.4, -0.2) is 35.6 Å². The van der Waals surface area contributed by atoms with Crippen molar-refractivity contribution in [3.63, 3.8) is 0 Å². The van der Waals surface area contributed by atoms with Crippen LogP contribution in [-0.2, 0) is 6.54 Å². The van der Waals surface area contributed by atoms with Gasteiger partial charge >= 0.3 is 0 Å². The molecular formula is C17H29N3. The summed E-state index contributed by atoms with van der Waals surface area (Å²) < 4.78 is 0. The molecular weight excluding hydrogens is 246 g/mol. The number of hydrogen-bond acceptors (Lipinski definition) is 3. The molecule has 3 nitrogen and oxygen atoms in total. The van der Waals surface area contributed by atoms with Crippen molar-refractivity contribution in [2.24, 2.45) is 5.92 Å². The van der Waals surface area contributed by atoms with Gasteiger partial charge in [0.25, 0.3) is 0 Å². The van der Waals surface area contributed by atoms with E-state index in [1.54, 1.807) is 0 Å². The Kier molecular flexibility index (Phi) is 5.99. The normalized spacial score (nSPS) is 26.9. The Morgan fingerprint density at radius 3 is 2.75 bits per heavy atom. The van der Waals surface area contributed by atoms with E-state index in [0.717, 1.165) is 19.0 Å². The monoisotopic (exact) mass is 275 g/mol. The number of nitrogens with one attached hydrogen (secondary N) is 1. The Hall–Kier alpha value is -0.930. The Bertz CT molecular complexity index is 377. The molecule has 2 rings (SSSR count). The van der Waals surface area contributed by atoms with Crippen LogP contribution in [0.25, 0.3) is 0 Å². The maximum Gasteiger partial charge on any atom is 0.0271 e. The summed E-state index contributed by atoms with van der Waals surface area (Å²) in [6, 6.07) is 5.55. The molecule has 1 aromatic heterocycles. The molecule has 3 atom stereocenters. The SMILES string of the molecule is CCCNC1CCC(C)CC1N(C)Cc1ccncc1. The highest BCUT2D eigenvalue weighted by Gasteiger charge is 2.30. The van der Waals surface area contributed by atoms with Gasteiger partial charge in [0.15, 0.2) is 0 Å². The summed E-state index contributed by atoms with van der Waals surface area (Å²) in [5.41, 5.74) is 1.36. The van der Waals surface area contributed by atoms with Crippen molar-refractivity contribution in [1.82, 2.24) is 15.2 Å². The molecule has 112 valence electrons. The molecule has 1 aromatic rings. The van der Waals surface area contributed by atoms with Crippen molar-refractivity contribution in [2.75, 3.05) is 13.6 Å². The average molecular weight is 275 g/mol. The first-order valence-corrected chi connectivity index (χ1v) is 8.03. The van der Waals surface area contributed by atoms with Crippen molar-refractivity contribution in [3.05, 3.63) is 30.1 Å². The quantitative estimate of drug-likeness (QED) is 0.865. The second-order valence-corrected chi connectivity index (χ2v) is 6.32. The highest BCUT2D eigenvalue weighted by molar-refractivity contribution is 5.09. The lowest BCUT2D eigenvalue weighted by molar-refractivity contribution is 0.119. The molecule has 0 bridgehead atoms. The largest absolute Gasteiger partial charge is 0.312 e. The Morgan fingerprint density at radius 1 is 1.30 bits per heavy atom. The van der Waals surface area contributed by atoms with Crippen molar-refractivity contribution < 1.29 is 0 Å². The van der Waals surface area contributed by atoms with E-state index in [1.807, 2.05) is 12.4 Å². The Morgan fingerprint density at radius 2 is 2.05 bits per heavy atom. The van der Waals surface area contributed by atoms with Gasteiger partial charge in [-0.05, 0) is 62.9 Å². The van der Waals surface area contributed by atoms with E-state index in [2.05, 4.69) is 48.2 Å². The molecule has 1 aliphatic carbocycles. The van der Waals surface area contributed by atoms with E-state index >= 15 is 0 Å². The smallest absolute Gasteiger partial charge is 0.0271 e. The van der Waals surface area contributed by atoms with Crippen LogP contribution >= 0.6 is 0 Å². The first-order valence-electron chi connectivity index (χ1n) is 8.03. The standard InChI is InChI=1S/C17H29N3/c1-4-9-19-16-6-5-14(2)12-17(16)20(3)13-15-7-10-18-11-8-15/h7-8,10-11,14,16-17,19H,4-6,9,12-13H2,1-3H3. The molecule has 1 N–H and O–H groups in total. The molecule has 0 spiro atoms. The van der Waals surface area contributed by atoms with Gasteiger partial charge in [-0.1, -0.05) is 13.8 Å². The molecule has 0 radical (unpaired) electrons. The van der Waals surface area contributed by atoms with Gasteiger partial charge < -0.3 is 5.32 Å². The van der Waals surface area contributed by atoms with E-state index in [0.29, 0.717) is 12.1 Å². The van der Waals surface area contributed by atoms with Crippen LogP contribution in [0.4, 0.5) is 0 Å². The molecule has 1 heterocycles. The number of rotatable bonds is 6. The van der Waals surface area contributed by atoms with E-state index in [-0.39, 0.29) is 0 Å². The average Bonchev–Trinajstić information content (AvgIpc) is 2.47. The predicted molar refractivity (Wildman–Crippen MR) is 84.6 cm³/mol. The van der Waals surface area contributed by atoms with E-state index < -0.39 is 0 Å². The van der Waals surface area contributed by atoms with Crippen LogP contribution in [0.15, 0.2) is 24.5 Å². The van der Waals surface area contributed by atoms with Gasteiger partial charge in [-0.3, -0.25) is 9.88 Å². The zero-order valence-corrected chi connectivity index (χ0v) is 13.2. The molecule has 0 aromatic carbocycles. The third-order valence-corrected chi connectivity index (χ3v) is 4.48. The first-order chi connectivity index (χ1) is 9.70. The molecule has 0 amide bonds. The minimum atomic E-state index is 0.651. The first kappa shape index (κ1) is 15.5. The maximum absolute atomic E-state index is 4.10. The second kappa shape index (κ2) is 7.75. The summed E-state index contributed by atoms with van der Waals surface area (Å²) in [4.78, 5) is 6.63. The highest BCUT2D eigenvalue weighted by atomic mass is 15.2. The lowest BCUT2D eigenvalue weighted by Crippen LogP contribution is -2.51. The third kappa shape index (κ3) is 4.29. The predicted octanol–water partition coefficient (Wildman–Crippen LogP) is 3.07. The number of hydrogen-bond donors (Lipinski definition) is 1. The highest BCUT2D eigenvalue weighted by Crippen LogP contribution is 2.28. The molecule has 1 aliphatic rings. The zero-order valence-electron chi connectivity index (χ0n) is 13.2. The van der Waals surface area contributed by atoms with Crippen molar-refractivity contribution in [1.29, 1.82) is 0 Å². The minimum Gasteiger partial charge on any atom is -0.312 e. The van der Waals surface area contributed by atoms with Gasteiger partial charge in [-0.15, -0.1) is 0 Å². The fourth-order valence-corrected chi connectivity index (χ4v) is 3.30. The van der Waals surface area contributed by atoms with Crippen molar-refractivity contribution >= 4 is 0 Å². The third-order valence-electron chi connectivity index (χ3n) is 4.48. The molecule has 1 saturated carbocycles. The van der Waals surface area contributed by atoms with Crippen molar-refractivity contribution in [3.8, 4) is 0 Å². The van der Waals surface area contributed by atoms with Gasteiger partial charge in [-0.25, -0.2) is 0 Å². The molecule has 3 unspecified atom stereocenters. The lowest BCUT2D eigenvalue weighted by Gasteiger charge is -2.41. The van der Waals surface area contributed by atoms with Crippen LogP contribution in [0, 0.1) is 5.92 Å².